The van der Waals surface area contributed by atoms with Crippen molar-refractivity contribution in [3.8, 4) is 11.8 Å². The smallest absolute Gasteiger partial charge is 0.203 e. The molecule has 24 heavy (non-hydrogen) atoms. The summed E-state index contributed by atoms with van der Waals surface area (Å²) >= 11 is 0. The third-order valence-corrected chi connectivity index (χ3v) is 4.49. The molecule has 0 aliphatic heterocycles. The lowest BCUT2D eigenvalue weighted by Crippen LogP contribution is -2.15. The fourth-order valence-corrected chi connectivity index (χ4v) is 2.45. The van der Waals surface area contributed by atoms with Crippen LogP contribution in [0, 0.1) is 16.2 Å². The summed E-state index contributed by atoms with van der Waals surface area (Å²) in [5.74, 6) is 0.757. The Bertz CT molecular complexity index is 730. The molecule has 0 N–H and O–H groups in total. The lowest BCUT2D eigenvalue weighted by molar-refractivity contribution is 0.304. The number of nitroso groups, excluding NO2 is 1. The van der Waals surface area contributed by atoms with Crippen molar-refractivity contribution >= 4 is 0 Å². The second kappa shape index (κ2) is 7.74. The molecule has 4 nitrogen and oxygen atoms in total. The summed E-state index contributed by atoms with van der Waals surface area (Å²) in [6.07, 6.45) is 1.06. The Morgan fingerprint density at radius 2 is 1.83 bits per heavy atom. The Morgan fingerprint density at radius 3 is 2.42 bits per heavy atom. The molecule has 0 fully saturated rings. The molecule has 2 aromatic carbocycles. The van der Waals surface area contributed by atoms with E-state index >= 15 is 0 Å². The van der Waals surface area contributed by atoms with Crippen LogP contribution in [0.1, 0.15) is 49.9 Å². The first-order valence-electron chi connectivity index (χ1n) is 8.05. The van der Waals surface area contributed by atoms with E-state index in [1.807, 2.05) is 30.3 Å². The number of ether oxygens (including phenoxy) is 1. The highest BCUT2D eigenvalue weighted by molar-refractivity contribution is 5.35. The number of benzene rings is 2. The van der Waals surface area contributed by atoms with Crippen LogP contribution >= 0.6 is 0 Å². The molecule has 2 rings (SSSR count). The van der Waals surface area contributed by atoms with E-state index in [1.165, 1.54) is 5.56 Å². The van der Waals surface area contributed by atoms with Gasteiger partial charge in [-0.15, -0.1) is 4.91 Å². The van der Waals surface area contributed by atoms with Gasteiger partial charge in [-0.05, 0) is 40.3 Å². The zero-order valence-corrected chi connectivity index (χ0v) is 14.3. The van der Waals surface area contributed by atoms with Crippen molar-refractivity contribution in [1.82, 2.24) is 0 Å². The molecule has 0 saturated carbocycles. The molecule has 0 spiro atoms. The second-order valence-electron chi connectivity index (χ2n) is 6.39. The van der Waals surface area contributed by atoms with E-state index in [9.17, 15) is 4.91 Å². The predicted molar refractivity (Wildman–Crippen MR) is 94.7 cm³/mol. The first kappa shape index (κ1) is 17.7. The Balaban J connectivity index is 2.12. The SMILES string of the molecule is CCC(C)(C)c1ccc(OCc2ccccc2C(C#N)N=O)cc1. The van der Waals surface area contributed by atoms with Gasteiger partial charge in [0.1, 0.15) is 12.4 Å². The highest BCUT2D eigenvalue weighted by Crippen LogP contribution is 2.28. The Kier molecular flexibility index (Phi) is 5.70. The van der Waals surface area contributed by atoms with E-state index in [0.717, 1.165) is 17.7 Å². The van der Waals surface area contributed by atoms with Gasteiger partial charge in [0.05, 0.1) is 6.07 Å². The molecule has 0 aliphatic rings. The first-order valence-corrected chi connectivity index (χ1v) is 8.05. The quantitative estimate of drug-likeness (QED) is 0.651. The van der Waals surface area contributed by atoms with Crippen LogP contribution in [0.25, 0.3) is 0 Å². The van der Waals surface area contributed by atoms with E-state index in [2.05, 4.69) is 38.1 Å². The second-order valence-corrected chi connectivity index (χ2v) is 6.39. The summed E-state index contributed by atoms with van der Waals surface area (Å²) < 4.78 is 5.82. The highest BCUT2D eigenvalue weighted by atomic mass is 16.5. The van der Waals surface area contributed by atoms with Crippen molar-refractivity contribution in [3.05, 3.63) is 70.1 Å². The number of rotatable bonds is 7. The molecular formula is C20H22N2O2. The summed E-state index contributed by atoms with van der Waals surface area (Å²) in [4.78, 5) is 10.8. The molecule has 0 radical (unpaired) electrons. The molecule has 0 amide bonds. The van der Waals surface area contributed by atoms with Crippen molar-refractivity contribution in [1.29, 1.82) is 5.26 Å². The van der Waals surface area contributed by atoms with Gasteiger partial charge in [-0.25, -0.2) is 0 Å². The molecule has 0 bridgehead atoms. The summed E-state index contributed by atoms with van der Waals surface area (Å²) in [6, 6.07) is 16.2. The highest BCUT2D eigenvalue weighted by Gasteiger charge is 2.18. The van der Waals surface area contributed by atoms with Crippen molar-refractivity contribution in [3.63, 3.8) is 0 Å². The Labute approximate surface area is 143 Å². The van der Waals surface area contributed by atoms with Gasteiger partial charge in [-0.3, -0.25) is 0 Å². The van der Waals surface area contributed by atoms with Crippen LogP contribution in [0.2, 0.25) is 0 Å². The van der Waals surface area contributed by atoms with Crippen molar-refractivity contribution in [2.45, 2.75) is 45.3 Å². The van der Waals surface area contributed by atoms with Crippen LogP contribution in [-0.2, 0) is 12.0 Å². The maximum absolute atomic E-state index is 10.8. The van der Waals surface area contributed by atoms with Gasteiger partial charge < -0.3 is 4.74 Å². The maximum atomic E-state index is 10.8. The summed E-state index contributed by atoms with van der Waals surface area (Å²) in [5.41, 5.74) is 2.80. The fourth-order valence-electron chi connectivity index (χ4n) is 2.45. The lowest BCUT2D eigenvalue weighted by atomic mass is 9.82. The molecule has 4 heteroatoms. The van der Waals surface area contributed by atoms with E-state index in [-0.39, 0.29) is 5.41 Å². The van der Waals surface area contributed by atoms with E-state index in [1.54, 1.807) is 12.1 Å². The fraction of sp³-hybridized carbons (Fsp3) is 0.350. The van der Waals surface area contributed by atoms with Gasteiger partial charge in [-0.2, -0.15) is 5.26 Å². The predicted octanol–water partition coefficient (Wildman–Crippen LogP) is 5.28. The zero-order valence-electron chi connectivity index (χ0n) is 14.3. The summed E-state index contributed by atoms with van der Waals surface area (Å²) in [6.45, 7) is 6.90. The summed E-state index contributed by atoms with van der Waals surface area (Å²) in [7, 11) is 0. The zero-order chi connectivity index (χ0) is 17.6. The molecule has 124 valence electrons. The van der Waals surface area contributed by atoms with Gasteiger partial charge in [0.15, 0.2) is 0 Å². The molecule has 1 atom stereocenters. The van der Waals surface area contributed by atoms with Crippen LogP contribution in [0.4, 0.5) is 0 Å². The van der Waals surface area contributed by atoms with E-state index in [0.29, 0.717) is 12.2 Å². The van der Waals surface area contributed by atoms with Gasteiger partial charge in [0.2, 0.25) is 6.04 Å². The minimum atomic E-state index is -1.00. The van der Waals surface area contributed by atoms with Crippen LogP contribution in [0.5, 0.6) is 5.75 Å². The van der Waals surface area contributed by atoms with Crippen LogP contribution < -0.4 is 4.74 Å². The number of hydrogen-bond donors (Lipinski definition) is 0. The van der Waals surface area contributed by atoms with Crippen LogP contribution in [0.15, 0.2) is 53.7 Å². The van der Waals surface area contributed by atoms with Crippen molar-refractivity contribution < 1.29 is 4.74 Å². The standard InChI is InChI=1S/C20H22N2O2/c1-4-20(2,3)16-9-11-17(12-10-16)24-14-15-7-5-6-8-18(15)19(13-21)22-23/h5-12,19H,4,14H2,1-3H3. The van der Waals surface area contributed by atoms with Gasteiger partial charge in [-0.1, -0.05) is 57.2 Å². The third kappa shape index (κ3) is 3.99. The molecule has 0 aliphatic carbocycles. The topological polar surface area (TPSA) is 62.4 Å². The van der Waals surface area contributed by atoms with Crippen LogP contribution in [-0.4, -0.2) is 0 Å². The number of nitrogens with zero attached hydrogens (tertiary/aromatic N) is 2. The Morgan fingerprint density at radius 1 is 1.17 bits per heavy atom. The molecule has 0 aromatic heterocycles. The third-order valence-electron chi connectivity index (χ3n) is 4.49. The van der Waals surface area contributed by atoms with Gasteiger partial charge in [0, 0.05) is 5.56 Å². The molecule has 1 unspecified atom stereocenters. The average molecular weight is 322 g/mol. The Hall–Kier alpha value is -2.67. The minimum Gasteiger partial charge on any atom is -0.489 e. The summed E-state index contributed by atoms with van der Waals surface area (Å²) in [5, 5.41) is 11.9. The lowest BCUT2D eigenvalue weighted by Gasteiger charge is -2.23. The number of nitriles is 1. The molecule has 0 saturated heterocycles. The monoisotopic (exact) mass is 322 g/mol. The normalized spacial score (nSPS) is 12.2. The minimum absolute atomic E-state index is 0.140. The largest absolute Gasteiger partial charge is 0.489 e. The van der Waals surface area contributed by atoms with E-state index < -0.39 is 6.04 Å². The van der Waals surface area contributed by atoms with Gasteiger partial charge >= 0.3 is 0 Å². The van der Waals surface area contributed by atoms with Gasteiger partial charge in [0.25, 0.3) is 0 Å². The molecular weight excluding hydrogens is 300 g/mol. The van der Waals surface area contributed by atoms with Crippen LogP contribution in [0.3, 0.4) is 0 Å². The van der Waals surface area contributed by atoms with Crippen molar-refractivity contribution in [2.24, 2.45) is 5.18 Å². The van der Waals surface area contributed by atoms with E-state index in [4.69, 9.17) is 10.00 Å². The van der Waals surface area contributed by atoms with Crippen molar-refractivity contribution in [2.75, 3.05) is 0 Å². The molecule has 0 heterocycles. The number of hydrogen-bond acceptors (Lipinski definition) is 4. The molecule has 2 aromatic rings. The maximum Gasteiger partial charge on any atom is 0.203 e. The average Bonchev–Trinajstić information content (AvgIpc) is 2.62. The first-order chi connectivity index (χ1) is 11.5.